The van der Waals surface area contributed by atoms with Crippen LogP contribution in [-0.2, 0) is 13.0 Å². The number of rotatable bonds is 5. The predicted molar refractivity (Wildman–Crippen MR) is 122 cm³/mol. The van der Waals surface area contributed by atoms with E-state index >= 15 is 0 Å². The highest BCUT2D eigenvalue weighted by Gasteiger charge is 2.31. The Morgan fingerprint density at radius 1 is 1.03 bits per heavy atom. The van der Waals surface area contributed by atoms with Crippen LogP contribution in [0.4, 0.5) is 5.69 Å². The van der Waals surface area contributed by atoms with Crippen LogP contribution in [-0.4, -0.2) is 25.0 Å². The van der Waals surface area contributed by atoms with Crippen LogP contribution in [0.25, 0.3) is 0 Å². The number of hydrogen-bond donors (Lipinski definition) is 1. The topological polar surface area (TPSA) is 58.6 Å². The summed E-state index contributed by atoms with van der Waals surface area (Å²) in [4.78, 5) is 27.4. The molecule has 0 saturated carbocycles. The van der Waals surface area contributed by atoms with Gasteiger partial charge in [0.05, 0.1) is 7.11 Å². The summed E-state index contributed by atoms with van der Waals surface area (Å²) in [5.74, 6) is 0.498. The van der Waals surface area contributed by atoms with Crippen LogP contribution in [0.1, 0.15) is 38.8 Å². The maximum atomic E-state index is 13.2. The summed E-state index contributed by atoms with van der Waals surface area (Å²) in [7, 11) is 1.60. The molecule has 5 nitrogen and oxygen atoms in total. The molecular weight excluding hydrogens is 412 g/mol. The van der Waals surface area contributed by atoms with Crippen molar-refractivity contribution < 1.29 is 14.3 Å². The lowest BCUT2D eigenvalue weighted by Crippen LogP contribution is -2.35. The maximum absolute atomic E-state index is 13.2. The molecule has 0 spiro atoms. The Kier molecular flexibility index (Phi) is 5.96. The first-order valence-electron chi connectivity index (χ1n) is 10.1. The monoisotopic (exact) mass is 434 g/mol. The van der Waals surface area contributed by atoms with Gasteiger partial charge in [0.15, 0.2) is 0 Å². The highest BCUT2D eigenvalue weighted by atomic mass is 35.5. The molecule has 3 aromatic carbocycles. The Balaban J connectivity index is 1.51. The van der Waals surface area contributed by atoms with Crippen LogP contribution in [0.3, 0.4) is 0 Å². The van der Waals surface area contributed by atoms with Crippen molar-refractivity contribution in [3.8, 4) is 5.75 Å². The van der Waals surface area contributed by atoms with E-state index in [1.807, 2.05) is 30.0 Å². The van der Waals surface area contributed by atoms with Crippen molar-refractivity contribution in [2.24, 2.45) is 0 Å². The van der Waals surface area contributed by atoms with E-state index in [1.54, 1.807) is 55.6 Å². The molecule has 158 valence electrons. The number of hydrogen-bond acceptors (Lipinski definition) is 3. The first-order chi connectivity index (χ1) is 15.0. The molecule has 4 rings (SSSR count). The molecule has 0 fully saturated rings. The molecule has 31 heavy (non-hydrogen) atoms. The molecule has 1 aliphatic rings. The Bertz CT molecular complexity index is 1110. The molecule has 0 saturated heterocycles. The van der Waals surface area contributed by atoms with E-state index in [2.05, 4.69) is 5.32 Å². The van der Waals surface area contributed by atoms with E-state index in [-0.39, 0.29) is 17.9 Å². The van der Waals surface area contributed by atoms with Crippen molar-refractivity contribution in [1.29, 1.82) is 0 Å². The molecule has 1 heterocycles. The van der Waals surface area contributed by atoms with Crippen molar-refractivity contribution in [2.45, 2.75) is 25.9 Å². The molecule has 0 bridgehead atoms. The van der Waals surface area contributed by atoms with Crippen LogP contribution in [0.15, 0.2) is 66.7 Å². The number of ether oxygens (including phenoxy) is 1. The fourth-order valence-corrected chi connectivity index (χ4v) is 3.96. The largest absolute Gasteiger partial charge is 0.497 e. The van der Waals surface area contributed by atoms with Gasteiger partial charge in [0, 0.05) is 34.4 Å². The molecule has 2 amide bonds. The quantitative estimate of drug-likeness (QED) is 0.623. The van der Waals surface area contributed by atoms with Crippen molar-refractivity contribution in [3.63, 3.8) is 0 Å². The Labute approximate surface area is 186 Å². The highest BCUT2D eigenvalue weighted by Crippen LogP contribution is 2.34. The minimum absolute atomic E-state index is 0.0451. The lowest BCUT2D eigenvalue weighted by Gasteiger charge is -2.23. The molecule has 6 heteroatoms. The molecular formula is C25H23ClN2O3. The van der Waals surface area contributed by atoms with Crippen LogP contribution in [0, 0.1) is 0 Å². The minimum atomic E-state index is -0.170. The number of carbonyl (C=O) groups is 2. The van der Waals surface area contributed by atoms with Crippen molar-refractivity contribution in [2.75, 3.05) is 12.0 Å². The summed E-state index contributed by atoms with van der Waals surface area (Å²) < 4.78 is 5.19. The smallest absolute Gasteiger partial charge is 0.258 e. The van der Waals surface area contributed by atoms with E-state index in [1.165, 1.54) is 0 Å². The van der Waals surface area contributed by atoms with Gasteiger partial charge in [-0.25, -0.2) is 0 Å². The summed E-state index contributed by atoms with van der Waals surface area (Å²) in [6.45, 7) is 2.41. The van der Waals surface area contributed by atoms with Gasteiger partial charge in [-0.2, -0.15) is 0 Å². The van der Waals surface area contributed by atoms with E-state index in [0.717, 1.165) is 23.2 Å². The van der Waals surface area contributed by atoms with Gasteiger partial charge >= 0.3 is 0 Å². The van der Waals surface area contributed by atoms with Gasteiger partial charge in [-0.05, 0) is 79.1 Å². The lowest BCUT2D eigenvalue weighted by molar-refractivity contribution is 0.0948. The van der Waals surface area contributed by atoms with Gasteiger partial charge in [-0.3, -0.25) is 9.59 Å². The van der Waals surface area contributed by atoms with Crippen LogP contribution >= 0.6 is 11.6 Å². The molecule has 1 aliphatic heterocycles. The maximum Gasteiger partial charge on any atom is 0.258 e. The number of fused-ring (bicyclic) bond motifs is 1. The number of methoxy groups -OCH3 is 1. The summed E-state index contributed by atoms with van der Waals surface area (Å²) >= 11 is 5.88. The molecule has 3 aromatic rings. The number of nitrogens with zero attached hydrogens (tertiary/aromatic N) is 1. The molecule has 1 N–H and O–H groups in total. The van der Waals surface area contributed by atoms with Crippen LogP contribution in [0.5, 0.6) is 5.75 Å². The first kappa shape index (κ1) is 20.9. The third-order valence-corrected chi connectivity index (χ3v) is 5.73. The molecule has 0 aliphatic carbocycles. The van der Waals surface area contributed by atoms with E-state index in [0.29, 0.717) is 28.4 Å². The van der Waals surface area contributed by atoms with Gasteiger partial charge in [0.2, 0.25) is 0 Å². The zero-order valence-electron chi connectivity index (χ0n) is 17.4. The van der Waals surface area contributed by atoms with E-state index < -0.39 is 0 Å². The number of amides is 2. The van der Waals surface area contributed by atoms with E-state index in [9.17, 15) is 9.59 Å². The normalized spacial score (nSPS) is 14.8. The molecule has 0 aromatic heterocycles. The third-order valence-electron chi connectivity index (χ3n) is 5.48. The second kappa shape index (κ2) is 8.82. The zero-order chi connectivity index (χ0) is 22.0. The SMILES string of the molecule is COc1ccc(C(=O)N2c3cc(CNC(=O)c4ccc(Cl)cc4)ccc3CC2C)cc1. The standard InChI is InChI=1S/C25H23ClN2O3/c1-16-13-20-4-3-17(15-27-24(29)18-5-9-21(26)10-6-18)14-23(20)28(16)25(30)19-7-11-22(31-2)12-8-19/h3-12,14,16H,13,15H2,1-2H3,(H,27,29). The summed E-state index contributed by atoms with van der Waals surface area (Å²) in [6, 6.07) is 20.0. The fourth-order valence-electron chi connectivity index (χ4n) is 3.83. The lowest BCUT2D eigenvalue weighted by atomic mass is 10.1. The predicted octanol–water partition coefficient (Wildman–Crippen LogP) is 4.87. The van der Waals surface area contributed by atoms with Crippen LogP contribution < -0.4 is 15.0 Å². The second-order valence-corrected chi connectivity index (χ2v) is 8.05. The minimum Gasteiger partial charge on any atom is -0.497 e. The van der Waals surface area contributed by atoms with Crippen molar-refractivity contribution >= 4 is 29.1 Å². The molecule has 1 unspecified atom stereocenters. The van der Waals surface area contributed by atoms with Gasteiger partial charge in [-0.1, -0.05) is 23.7 Å². The summed E-state index contributed by atoms with van der Waals surface area (Å²) in [6.07, 6.45) is 0.800. The van der Waals surface area contributed by atoms with Gasteiger partial charge in [0.1, 0.15) is 5.75 Å². The zero-order valence-corrected chi connectivity index (χ0v) is 18.1. The molecule has 1 atom stereocenters. The average molecular weight is 435 g/mol. The van der Waals surface area contributed by atoms with Gasteiger partial charge < -0.3 is 15.0 Å². The fraction of sp³-hybridized carbons (Fsp3) is 0.200. The Morgan fingerprint density at radius 3 is 2.39 bits per heavy atom. The highest BCUT2D eigenvalue weighted by molar-refractivity contribution is 6.30. The number of benzene rings is 3. The Morgan fingerprint density at radius 2 is 1.71 bits per heavy atom. The molecule has 0 radical (unpaired) electrons. The average Bonchev–Trinajstić information content (AvgIpc) is 3.12. The van der Waals surface area contributed by atoms with Crippen LogP contribution in [0.2, 0.25) is 5.02 Å². The number of nitrogens with one attached hydrogen (secondary N) is 1. The first-order valence-corrected chi connectivity index (χ1v) is 10.5. The number of carbonyl (C=O) groups excluding carboxylic acids is 2. The van der Waals surface area contributed by atoms with Gasteiger partial charge in [-0.15, -0.1) is 0 Å². The van der Waals surface area contributed by atoms with Crippen molar-refractivity contribution in [1.82, 2.24) is 5.32 Å². The summed E-state index contributed by atoms with van der Waals surface area (Å²) in [5.41, 5.74) is 4.12. The van der Waals surface area contributed by atoms with E-state index in [4.69, 9.17) is 16.3 Å². The van der Waals surface area contributed by atoms with Gasteiger partial charge in [0.25, 0.3) is 11.8 Å². The number of anilines is 1. The second-order valence-electron chi connectivity index (χ2n) is 7.61. The third kappa shape index (κ3) is 4.42. The Hall–Kier alpha value is -3.31. The van der Waals surface area contributed by atoms with Crippen molar-refractivity contribution in [3.05, 3.63) is 94.0 Å². The number of halogens is 1. The summed E-state index contributed by atoms with van der Waals surface area (Å²) in [5, 5.41) is 3.51.